The van der Waals surface area contributed by atoms with Gasteiger partial charge in [-0.3, -0.25) is 0 Å². The fourth-order valence-corrected chi connectivity index (χ4v) is 3.12. The number of esters is 1. The number of allylic oxidation sites excluding steroid dienone is 1. The van der Waals surface area contributed by atoms with Crippen LogP contribution in [0, 0.1) is 0 Å². The highest BCUT2D eigenvalue weighted by atomic mass is 16.6. The predicted octanol–water partition coefficient (Wildman–Crippen LogP) is 2.05. The van der Waals surface area contributed by atoms with E-state index in [0.29, 0.717) is 29.2 Å². The molecule has 0 spiro atoms. The van der Waals surface area contributed by atoms with Crippen LogP contribution in [-0.4, -0.2) is 38.4 Å². The number of rotatable bonds is 5. The molecule has 1 fully saturated rings. The molecule has 0 aromatic heterocycles. The van der Waals surface area contributed by atoms with Crippen molar-refractivity contribution in [3.63, 3.8) is 0 Å². The minimum Gasteiger partial charge on any atom is -0.496 e. The summed E-state index contributed by atoms with van der Waals surface area (Å²) in [6.45, 7) is 2.59. The number of ether oxygens (including phenoxy) is 3. The molecule has 7 nitrogen and oxygen atoms in total. The van der Waals surface area contributed by atoms with E-state index in [1.54, 1.807) is 20.1 Å². The molecule has 2 N–H and O–H groups in total. The van der Waals surface area contributed by atoms with Crippen molar-refractivity contribution in [3.05, 3.63) is 41.1 Å². The Labute approximate surface area is 146 Å². The summed E-state index contributed by atoms with van der Waals surface area (Å²) in [6, 6.07) is 6.25. The quantitative estimate of drug-likeness (QED) is 0.797. The highest BCUT2D eigenvalue weighted by molar-refractivity contribution is 5.95. The number of amides is 2. The first kappa shape index (κ1) is 17.3. The Kier molecular flexibility index (Phi) is 5.23. The Morgan fingerprint density at radius 3 is 2.88 bits per heavy atom. The number of benzene rings is 1. The van der Waals surface area contributed by atoms with E-state index in [4.69, 9.17) is 14.2 Å². The third-order valence-electron chi connectivity index (χ3n) is 4.36. The summed E-state index contributed by atoms with van der Waals surface area (Å²) in [4.78, 5) is 24.6. The molecule has 2 atom stereocenters. The van der Waals surface area contributed by atoms with Gasteiger partial charge in [0.2, 0.25) is 0 Å². The van der Waals surface area contributed by atoms with Crippen LogP contribution in [-0.2, 0) is 14.3 Å². The number of hydrogen-bond donors (Lipinski definition) is 2. The second-order valence-corrected chi connectivity index (χ2v) is 6.05. The summed E-state index contributed by atoms with van der Waals surface area (Å²) in [5.74, 6) is 0.114. The van der Waals surface area contributed by atoms with Crippen LogP contribution >= 0.6 is 0 Å². The molecule has 0 bridgehead atoms. The SMILES string of the molecule is COc1ccccc1[C@@H]1NC(=O)NC(C)=C1C(=O)OC[C@H]1CCCO1. The van der Waals surface area contributed by atoms with Gasteiger partial charge in [0.05, 0.1) is 24.8 Å². The molecule has 2 aliphatic rings. The van der Waals surface area contributed by atoms with Gasteiger partial charge in [-0.15, -0.1) is 0 Å². The van der Waals surface area contributed by atoms with Crippen molar-refractivity contribution in [2.75, 3.05) is 20.3 Å². The van der Waals surface area contributed by atoms with Crippen LogP contribution < -0.4 is 15.4 Å². The molecular formula is C18H22N2O5. The van der Waals surface area contributed by atoms with Gasteiger partial charge in [0.1, 0.15) is 12.4 Å². The van der Waals surface area contributed by atoms with Crippen LogP contribution in [0.3, 0.4) is 0 Å². The van der Waals surface area contributed by atoms with Crippen LogP contribution in [0.25, 0.3) is 0 Å². The van der Waals surface area contributed by atoms with E-state index in [2.05, 4.69) is 10.6 Å². The van der Waals surface area contributed by atoms with Crippen molar-refractivity contribution in [3.8, 4) is 5.75 Å². The van der Waals surface area contributed by atoms with E-state index in [9.17, 15) is 9.59 Å². The first-order chi connectivity index (χ1) is 12.1. The number of methoxy groups -OCH3 is 1. The predicted molar refractivity (Wildman–Crippen MR) is 90.0 cm³/mol. The van der Waals surface area contributed by atoms with Gasteiger partial charge in [-0.1, -0.05) is 18.2 Å². The average Bonchev–Trinajstić information content (AvgIpc) is 3.12. The van der Waals surface area contributed by atoms with Crippen LogP contribution in [0.15, 0.2) is 35.5 Å². The third-order valence-corrected chi connectivity index (χ3v) is 4.36. The average molecular weight is 346 g/mol. The van der Waals surface area contributed by atoms with E-state index in [1.807, 2.05) is 18.2 Å². The molecule has 1 aromatic carbocycles. The van der Waals surface area contributed by atoms with Crippen molar-refractivity contribution in [1.29, 1.82) is 0 Å². The molecule has 134 valence electrons. The summed E-state index contributed by atoms with van der Waals surface area (Å²) >= 11 is 0. The van der Waals surface area contributed by atoms with Gasteiger partial charge in [-0.25, -0.2) is 9.59 Å². The molecule has 0 unspecified atom stereocenters. The maximum absolute atomic E-state index is 12.7. The van der Waals surface area contributed by atoms with E-state index in [0.717, 1.165) is 12.8 Å². The molecule has 2 amide bonds. The van der Waals surface area contributed by atoms with Crippen LogP contribution in [0.1, 0.15) is 31.4 Å². The van der Waals surface area contributed by atoms with Crippen LogP contribution in [0.5, 0.6) is 5.75 Å². The number of nitrogens with one attached hydrogen (secondary N) is 2. The molecule has 25 heavy (non-hydrogen) atoms. The lowest BCUT2D eigenvalue weighted by Gasteiger charge is -2.29. The number of para-hydroxylation sites is 1. The highest BCUT2D eigenvalue weighted by Crippen LogP contribution is 2.33. The van der Waals surface area contributed by atoms with Gasteiger partial charge < -0.3 is 24.8 Å². The lowest BCUT2D eigenvalue weighted by Crippen LogP contribution is -2.45. The number of carbonyl (C=O) groups is 2. The summed E-state index contributed by atoms with van der Waals surface area (Å²) < 4.78 is 16.3. The summed E-state index contributed by atoms with van der Waals surface area (Å²) in [5, 5.41) is 5.41. The topological polar surface area (TPSA) is 85.9 Å². The minimum atomic E-state index is -0.637. The van der Waals surface area contributed by atoms with Crippen LogP contribution in [0.2, 0.25) is 0 Å². The number of carbonyl (C=O) groups excluding carboxylic acids is 2. The van der Waals surface area contributed by atoms with Crippen molar-refractivity contribution in [1.82, 2.24) is 10.6 Å². The van der Waals surface area contributed by atoms with Gasteiger partial charge in [0.15, 0.2) is 0 Å². The van der Waals surface area contributed by atoms with E-state index in [-0.39, 0.29) is 18.7 Å². The van der Waals surface area contributed by atoms with Crippen molar-refractivity contribution < 1.29 is 23.8 Å². The molecule has 0 aliphatic carbocycles. The normalized spacial score (nSPS) is 23.0. The Balaban J connectivity index is 1.85. The van der Waals surface area contributed by atoms with Crippen molar-refractivity contribution in [2.24, 2.45) is 0 Å². The second-order valence-electron chi connectivity index (χ2n) is 6.05. The van der Waals surface area contributed by atoms with E-state index >= 15 is 0 Å². The zero-order chi connectivity index (χ0) is 17.8. The molecule has 2 aliphatic heterocycles. The summed E-state index contributed by atoms with van der Waals surface area (Å²) in [6.07, 6.45) is 1.81. The molecule has 1 saturated heterocycles. The molecule has 3 rings (SSSR count). The molecule has 2 heterocycles. The first-order valence-electron chi connectivity index (χ1n) is 8.30. The zero-order valence-corrected chi connectivity index (χ0v) is 14.3. The van der Waals surface area contributed by atoms with Gasteiger partial charge in [-0.2, -0.15) is 0 Å². The van der Waals surface area contributed by atoms with Crippen molar-refractivity contribution >= 4 is 12.0 Å². The van der Waals surface area contributed by atoms with Crippen LogP contribution in [0.4, 0.5) is 4.79 Å². The summed E-state index contributed by atoms with van der Waals surface area (Å²) in [5.41, 5.74) is 1.53. The molecule has 1 aromatic rings. The lowest BCUT2D eigenvalue weighted by molar-refractivity contribution is -0.142. The maximum atomic E-state index is 12.7. The Bertz CT molecular complexity index is 694. The van der Waals surface area contributed by atoms with Gasteiger partial charge in [0, 0.05) is 17.9 Å². The molecular weight excluding hydrogens is 324 g/mol. The molecule has 0 saturated carbocycles. The van der Waals surface area contributed by atoms with Gasteiger partial charge in [-0.05, 0) is 25.8 Å². The molecule has 7 heteroatoms. The van der Waals surface area contributed by atoms with E-state index in [1.165, 1.54) is 0 Å². The first-order valence-corrected chi connectivity index (χ1v) is 8.30. The monoisotopic (exact) mass is 346 g/mol. The fourth-order valence-electron chi connectivity index (χ4n) is 3.12. The maximum Gasteiger partial charge on any atom is 0.338 e. The Hall–Kier alpha value is -2.54. The zero-order valence-electron chi connectivity index (χ0n) is 14.3. The smallest absolute Gasteiger partial charge is 0.338 e. The van der Waals surface area contributed by atoms with Gasteiger partial charge >= 0.3 is 12.0 Å². The fraction of sp³-hybridized carbons (Fsp3) is 0.444. The third kappa shape index (κ3) is 3.76. The molecule has 0 radical (unpaired) electrons. The Morgan fingerprint density at radius 2 is 2.16 bits per heavy atom. The summed E-state index contributed by atoms with van der Waals surface area (Å²) in [7, 11) is 1.55. The number of urea groups is 1. The highest BCUT2D eigenvalue weighted by Gasteiger charge is 2.34. The van der Waals surface area contributed by atoms with Crippen molar-refractivity contribution in [2.45, 2.75) is 31.9 Å². The lowest BCUT2D eigenvalue weighted by atomic mass is 9.95. The Morgan fingerprint density at radius 1 is 1.36 bits per heavy atom. The van der Waals surface area contributed by atoms with Gasteiger partial charge in [0.25, 0.3) is 0 Å². The minimum absolute atomic E-state index is 0.0549. The largest absolute Gasteiger partial charge is 0.496 e. The standard InChI is InChI=1S/C18H22N2O5/c1-11-15(17(21)25-10-12-6-5-9-24-12)16(20-18(22)19-11)13-7-3-4-8-14(13)23-2/h3-4,7-8,12,16H,5-6,9-10H2,1-2H3,(H2,19,20,22)/t12-,16+/m1/s1. The second kappa shape index (κ2) is 7.57. The van der Waals surface area contributed by atoms with E-state index < -0.39 is 12.0 Å². The number of hydrogen-bond acceptors (Lipinski definition) is 5.